The molecule has 1 atom stereocenters. The van der Waals surface area contributed by atoms with Crippen LogP contribution < -0.4 is 10.5 Å². The molecule has 0 spiro atoms. The van der Waals surface area contributed by atoms with E-state index in [1.54, 1.807) is 11.0 Å². The lowest BCUT2D eigenvalue weighted by atomic mass is 9.73. The van der Waals surface area contributed by atoms with Gasteiger partial charge in [-0.3, -0.25) is 4.79 Å². The number of carbonyl (C=O) groups excluding carboxylic acids is 2. The van der Waals surface area contributed by atoms with Crippen LogP contribution in [0, 0.1) is 0 Å². The predicted molar refractivity (Wildman–Crippen MR) is 89.6 cm³/mol. The van der Waals surface area contributed by atoms with Crippen LogP contribution in [0.3, 0.4) is 0 Å². The molecule has 1 aromatic rings. The van der Waals surface area contributed by atoms with Gasteiger partial charge in [-0.15, -0.1) is 0 Å². The number of likely N-dealkylation sites (tertiary alicyclic amines) is 1. The molecule has 1 heterocycles. The summed E-state index contributed by atoms with van der Waals surface area (Å²) in [5.74, 6) is -2.58. The summed E-state index contributed by atoms with van der Waals surface area (Å²) < 4.78 is 41.7. The zero-order valence-electron chi connectivity index (χ0n) is 14.6. The second kappa shape index (κ2) is 8.07. The van der Waals surface area contributed by atoms with Gasteiger partial charge >= 0.3 is 12.1 Å². The Kier molecular flexibility index (Phi) is 6.28. The molecular weight excluding hydrogens is 349 g/mol. The molecular formula is C18H23F3N2O3. The Morgan fingerprint density at radius 1 is 1.35 bits per heavy atom. The number of halogens is 3. The van der Waals surface area contributed by atoms with Gasteiger partial charge in [-0.05, 0) is 37.0 Å². The number of alkyl halides is 3. The standard InChI is InChI=1S/C18H23F3N2O3/c1-2-17(8-3-4-10-23(11-9-22)15(17)24)13-6-5-7-14(12-13)26-16(25)18(19,20)21/h5-7,12H,2-4,8-11,22H2,1H3. The zero-order chi connectivity index (χ0) is 19.4. The van der Waals surface area contributed by atoms with E-state index < -0.39 is 17.6 Å². The first kappa shape index (κ1) is 20.2. The van der Waals surface area contributed by atoms with Crippen molar-refractivity contribution in [2.45, 2.75) is 44.2 Å². The quantitative estimate of drug-likeness (QED) is 0.637. The number of ether oxygens (including phenoxy) is 1. The molecule has 2 rings (SSSR count). The highest BCUT2D eigenvalue weighted by molar-refractivity contribution is 5.89. The van der Waals surface area contributed by atoms with Crippen molar-refractivity contribution < 1.29 is 27.5 Å². The molecule has 1 unspecified atom stereocenters. The van der Waals surface area contributed by atoms with E-state index in [0.29, 0.717) is 38.0 Å². The number of nitrogens with zero attached hydrogens (tertiary/aromatic N) is 1. The van der Waals surface area contributed by atoms with Gasteiger partial charge in [-0.25, -0.2) is 4.79 Å². The van der Waals surface area contributed by atoms with Crippen LogP contribution in [-0.2, 0) is 15.0 Å². The Balaban J connectivity index is 2.38. The summed E-state index contributed by atoms with van der Waals surface area (Å²) in [6.45, 7) is 3.26. The van der Waals surface area contributed by atoms with Crippen LogP contribution in [0.4, 0.5) is 13.2 Å². The monoisotopic (exact) mass is 372 g/mol. The maximum Gasteiger partial charge on any atom is 0.491 e. The lowest BCUT2D eigenvalue weighted by Crippen LogP contribution is -2.47. The third kappa shape index (κ3) is 4.17. The fraction of sp³-hybridized carbons (Fsp3) is 0.556. The van der Waals surface area contributed by atoms with Crippen molar-refractivity contribution >= 4 is 11.9 Å². The van der Waals surface area contributed by atoms with Crippen LogP contribution in [0.1, 0.15) is 38.2 Å². The first-order valence-corrected chi connectivity index (χ1v) is 8.63. The van der Waals surface area contributed by atoms with E-state index in [1.165, 1.54) is 18.2 Å². The number of rotatable bonds is 5. The van der Waals surface area contributed by atoms with Crippen molar-refractivity contribution in [1.82, 2.24) is 4.90 Å². The van der Waals surface area contributed by atoms with E-state index in [9.17, 15) is 22.8 Å². The molecule has 26 heavy (non-hydrogen) atoms. The SMILES string of the molecule is CCC1(c2cccc(OC(=O)C(F)(F)F)c2)CCCCN(CCN)C1=O. The van der Waals surface area contributed by atoms with E-state index in [2.05, 4.69) is 4.74 Å². The highest BCUT2D eigenvalue weighted by Gasteiger charge is 2.43. The summed E-state index contributed by atoms with van der Waals surface area (Å²) in [5.41, 5.74) is 5.31. The summed E-state index contributed by atoms with van der Waals surface area (Å²) in [4.78, 5) is 26.0. The molecule has 0 bridgehead atoms. The number of hydrogen-bond acceptors (Lipinski definition) is 4. The third-order valence-electron chi connectivity index (χ3n) is 4.81. The van der Waals surface area contributed by atoms with Crippen molar-refractivity contribution in [2.75, 3.05) is 19.6 Å². The zero-order valence-corrected chi connectivity index (χ0v) is 14.6. The molecule has 0 radical (unpaired) electrons. The largest absolute Gasteiger partial charge is 0.491 e. The van der Waals surface area contributed by atoms with Gasteiger partial charge in [0.1, 0.15) is 5.75 Å². The molecule has 8 heteroatoms. The van der Waals surface area contributed by atoms with E-state index in [4.69, 9.17) is 5.73 Å². The molecule has 1 fully saturated rings. The Bertz CT molecular complexity index is 663. The molecule has 5 nitrogen and oxygen atoms in total. The van der Waals surface area contributed by atoms with Gasteiger partial charge in [0, 0.05) is 19.6 Å². The van der Waals surface area contributed by atoms with Crippen molar-refractivity contribution in [1.29, 1.82) is 0 Å². The molecule has 2 N–H and O–H groups in total. The maximum atomic E-state index is 13.2. The maximum absolute atomic E-state index is 13.2. The molecule has 1 aromatic carbocycles. The Labute approximate surface area is 150 Å². The average molecular weight is 372 g/mol. The van der Waals surface area contributed by atoms with Crippen molar-refractivity contribution in [2.24, 2.45) is 5.73 Å². The van der Waals surface area contributed by atoms with E-state index in [1.807, 2.05) is 6.92 Å². The molecule has 144 valence electrons. The predicted octanol–water partition coefficient (Wildman–Crippen LogP) is 2.77. The van der Waals surface area contributed by atoms with Gasteiger partial charge in [0.15, 0.2) is 0 Å². The lowest BCUT2D eigenvalue weighted by molar-refractivity contribution is -0.189. The van der Waals surface area contributed by atoms with Crippen molar-refractivity contribution in [3.8, 4) is 5.75 Å². The minimum atomic E-state index is -5.07. The van der Waals surface area contributed by atoms with Crippen LogP contribution in [0.25, 0.3) is 0 Å². The summed E-state index contributed by atoms with van der Waals surface area (Å²) in [5, 5.41) is 0. The Morgan fingerprint density at radius 2 is 2.08 bits per heavy atom. The fourth-order valence-electron chi connectivity index (χ4n) is 3.43. The molecule has 0 saturated carbocycles. The molecule has 0 aliphatic carbocycles. The Hall–Kier alpha value is -2.09. The normalized spacial score (nSPS) is 21.4. The van der Waals surface area contributed by atoms with Crippen molar-refractivity contribution in [3.63, 3.8) is 0 Å². The molecule has 0 aromatic heterocycles. The molecule has 1 amide bonds. The summed E-state index contributed by atoms with van der Waals surface area (Å²) in [6, 6.07) is 5.82. The Morgan fingerprint density at radius 3 is 2.69 bits per heavy atom. The first-order valence-electron chi connectivity index (χ1n) is 8.63. The minimum Gasteiger partial charge on any atom is -0.420 e. The summed E-state index contributed by atoms with van der Waals surface area (Å²) >= 11 is 0. The van der Waals surface area contributed by atoms with Crippen LogP contribution in [0.5, 0.6) is 5.75 Å². The van der Waals surface area contributed by atoms with Gasteiger partial charge in [0.2, 0.25) is 5.91 Å². The third-order valence-corrected chi connectivity index (χ3v) is 4.81. The lowest BCUT2D eigenvalue weighted by Gasteiger charge is -2.35. The average Bonchev–Trinajstić information content (AvgIpc) is 2.75. The molecule has 1 aliphatic heterocycles. The number of benzene rings is 1. The second-order valence-electron chi connectivity index (χ2n) is 6.39. The van der Waals surface area contributed by atoms with Crippen LogP contribution >= 0.6 is 0 Å². The number of nitrogens with two attached hydrogens (primary N) is 1. The highest BCUT2D eigenvalue weighted by Crippen LogP contribution is 2.39. The minimum absolute atomic E-state index is 0.0813. The molecule has 1 aliphatic rings. The van der Waals surface area contributed by atoms with Gasteiger partial charge < -0.3 is 15.4 Å². The summed E-state index contributed by atoms with van der Waals surface area (Å²) in [7, 11) is 0. The first-order chi connectivity index (χ1) is 12.2. The van der Waals surface area contributed by atoms with E-state index in [0.717, 1.165) is 12.8 Å². The van der Waals surface area contributed by atoms with Gasteiger partial charge in [0.05, 0.1) is 5.41 Å². The van der Waals surface area contributed by atoms with Crippen LogP contribution in [0.15, 0.2) is 24.3 Å². The van der Waals surface area contributed by atoms with Crippen LogP contribution in [0.2, 0.25) is 0 Å². The number of hydrogen-bond donors (Lipinski definition) is 1. The van der Waals surface area contributed by atoms with Gasteiger partial charge in [-0.2, -0.15) is 13.2 Å². The number of amides is 1. The van der Waals surface area contributed by atoms with Gasteiger partial charge in [-0.1, -0.05) is 25.5 Å². The second-order valence-corrected chi connectivity index (χ2v) is 6.39. The van der Waals surface area contributed by atoms with E-state index >= 15 is 0 Å². The smallest absolute Gasteiger partial charge is 0.420 e. The van der Waals surface area contributed by atoms with Crippen molar-refractivity contribution in [3.05, 3.63) is 29.8 Å². The number of carbonyl (C=O) groups is 2. The highest BCUT2D eigenvalue weighted by atomic mass is 19.4. The molecule has 1 saturated heterocycles. The fourth-order valence-corrected chi connectivity index (χ4v) is 3.43. The van der Waals surface area contributed by atoms with Gasteiger partial charge in [0.25, 0.3) is 0 Å². The summed E-state index contributed by atoms with van der Waals surface area (Å²) in [6.07, 6.45) is -2.35. The van der Waals surface area contributed by atoms with E-state index in [-0.39, 0.29) is 11.7 Å². The number of esters is 1. The van der Waals surface area contributed by atoms with Crippen LogP contribution in [-0.4, -0.2) is 42.6 Å². The topological polar surface area (TPSA) is 72.6 Å².